The van der Waals surface area contributed by atoms with Gasteiger partial charge in [-0.05, 0) is 56.3 Å². The Morgan fingerprint density at radius 2 is 1.94 bits per heavy atom. The summed E-state index contributed by atoms with van der Waals surface area (Å²) in [5, 5.41) is 13.3. The van der Waals surface area contributed by atoms with Gasteiger partial charge in [0.1, 0.15) is 16.9 Å². The number of rotatable bonds is 5. The Morgan fingerprint density at radius 3 is 2.68 bits per heavy atom. The third kappa shape index (κ3) is 5.88. The zero-order chi connectivity index (χ0) is 24.1. The van der Waals surface area contributed by atoms with Crippen LogP contribution in [0.1, 0.15) is 53.7 Å². The summed E-state index contributed by atoms with van der Waals surface area (Å²) in [6.07, 6.45) is 2.91. The number of fused-ring (bicyclic) bond motifs is 1. The zero-order valence-corrected chi connectivity index (χ0v) is 19.8. The van der Waals surface area contributed by atoms with Crippen LogP contribution in [-0.2, 0) is 23.8 Å². The van der Waals surface area contributed by atoms with Crippen LogP contribution in [0.4, 0.5) is 24.0 Å². The third-order valence-electron chi connectivity index (χ3n) is 6.43. The van der Waals surface area contributed by atoms with Crippen molar-refractivity contribution in [3.8, 4) is 6.07 Å². The number of amides is 1. The molecule has 0 aromatic carbocycles. The van der Waals surface area contributed by atoms with Crippen LogP contribution in [0.15, 0.2) is 18.3 Å². The lowest BCUT2D eigenvalue weighted by atomic mass is 10.1. The van der Waals surface area contributed by atoms with E-state index in [4.69, 9.17) is 0 Å². The van der Waals surface area contributed by atoms with Gasteiger partial charge in [-0.15, -0.1) is 11.3 Å². The van der Waals surface area contributed by atoms with Gasteiger partial charge in [0.2, 0.25) is 5.91 Å². The van der Waals surface area contributed by atoms with Crippen LogP contribution < -0.4 is 10.2 Å². The van der Waals surface area contributed by atoms with E-state index in [-0.39, 0.29) is 5.91 Å². The number of thiophene rings is 1. The highest BCUT2D eigenvalue weighted by Crippen LogP contribution is 2.37. The van der Waals surface area contributed by atoms with Gasteiger partial charge in [0, 0.05) is 43.7 Å². The maximum atomic E-state index is 12.8. The second kappa shape index (κ2) is 10.7. The molecule has 0 bridgehead atoms. The summed E-state index contributed by atoms with van der Waals surface area (Å²) < 4.78 is 38.3. The SMILES string of the molecule is N#Cc1c(NC(=O)CCN2CCCN(c3ccc(C(F)(F)F)cn3)CC2)sc2c1CCCCC2. The maximum Gasteiger partial charge on any atom is 0.417 e. The molecule has 0 spiro atoms. The highest BCUT2D eigenvalue weighted by atomic mass is 32.1. The van der Waals surface area contributed by atoms with E-state index in [2.05, 4.69) is 21.3 Å². The number of pyridine rings is 1. The number of nitrogens with one attached hydrogen (secondary N) is 1. The van der Waals surface area contributed by atoms with Crippen molar-refractivity contribution in [3.63, 3.8) is 0 Å². The van der Waals surface area contributed by atoms with E-state index in [1.54, 1.807) is 11.3 Å². The molecule has 1 amide bonds. The van der Waals surface area contributed by atoms with Crippen LogP contribution in [0.3, 0.4) is 0 Å². The molecule has 2 aromatic rings. The number of carbonyl (C=O) groups excluding carboxylic acids is 1. The molecule has 0 unspecified atom stereocenters. The smallest absolute Gasteiger partial charge is 0.355 e. The molecule has 1 saturated heterocycles. The molecule has 0 saturated carbocycles. The first kappa shape index (κ1) is 24.5. The average Bonchev–Trinajstić information content (AvgIpc) is 3.00. The van der Waals surface area contributed by atoms with Gasteiger partial charge in [-0.3, -0.25) is 4.79 Å². The van der Waals surface area contributed by atoms with E-state index in [0.717, 1.165) is 56.5 Å². The lowest BCUT2D eigenvalue weighted by Gasteiger charge is -2.23. The number of carbonyl (C=O) groups is 1. The second-order valence-corrected chi connectivity index (χ2v) is 9.87. The van der Waals surface area contributed by atoms with Gasteiger partial charge >= 0.3 is 6.18 Å². The first-order valence-corrected chi connectivity index (χ1v) is 12.5. The fourth-order valence-corrected chi connectivity index (χ4v) is 5.82. The molecular formula is C24H28F3N5OS. The monoisotopic (exact) mass is 491 g/mol. The van der Waals surface area contributed by atoms with Crippen LogP contribution in [-0.4, -0.2) is 48.5 Å². The molecule has 1 aliphatic heterocycles. The Labute approximate surface area is 201 Å². The Morgan fingerprint density at radius 1 is 1.12 bits per heavy atom. The fraction of sp³-hybridized carbons (Fsp3) is 0.542. The molecule has 2 aromatic heterocycles. The topological polar surface area (TPSA) is 72.3 Å². The number of nitriles is 1. The third-order valence-corrected chi connectivity index (χ3v) is 7.64. The lowest BCUT2D eigenvalue weighted by Crippen LogP contribution is -2.33. The summed E-state index contributed by atoms with van der Waals surface area (Å²) in [6.45, 7) is 3.44. The summed E-state index contributed by atoms with van der Waals surface area (Å²) in [5.74, 6) is 0.438. The molecule has 1 fully saturated rings. The Hall–Kier alpha value is -2.64. The van der Waals surface area contributed by atoms with Crippen molar-refractivity contribution in [1.29, 1.82) is 5.26 Å². The van der Waals surface area contributed by atoms with Crippen LogP contribution >= 0.6 is 11.3 Å². The van der Waals surface area contributed by atoms with Crippen LogP contribution in [0.25, 0.3) is 0 Å². The number of alkyl halides is 3. The Bertz CT molecular complexity index is 1040. The van der Waals surface area contributed by atoms with E-state index in [0.29, 0.717) is 49.0 Å². The normalized spacial score (nSPS) is 17.4. The van der Waals surface area contributed by atoms with Crippen molar-refractivity contribution in [1.82, 2.24) is 9.88 Å². The molecule has 0 radical (unpaired) electrons. The molecule has 6 nitrogen and oxygen atoms in total. The second-order valence-electron chi connectivity index (χ2n) is 8.76. The van der Waals surface area contributed by atoms with Crippen molar-refractivity contribution in [2.75, 3.05) is 42.9 Å². The standard InChI is InChI=1S/C24H28F3N5OS/c25-24(26,27)17-7-8-21(29-16-17)32-11-4-10-31(13-14-32)12-9-22(33)30-23-19(15-28)18-5-2-1-3-6-20(18)34-23/h7-8,16H,1-6,9-14H2,(H,30,33). The fourth-order valence-electron chi connectivity index (χ4n) is 4.56. The van der Waals surface area contributed by atoms with Gasteiger partial charge in [-0.1, -0.05) is 6.42 Å². The zero-order valence-electron chi connectivity index (χ0n) is 19.0. The number of halogens is 3. The molecule has 10 heteroatoms. The van der Waals surface area contributed by atoms with Crippen molar-refractivity contribution in [3.05, 3.63) is 39.9 Å². The summed E-state index contributed by atoms with van der Waals surface area (Å²) >= 11 is 1.54. The number of anilines is 2. The van der Waals surface area contributed by atoms with Gasteiger partial charge in [0.15, 0.2) is 0 Å². The highest BCUT2D eigenvalue weighted by Gasteiger charge is 2.31. The molecule has 1 aliphatic carbocycles. The molecular weight excluding hydrogens is 463 g/mol. The van der Waals surface area contributed by atoms with E-state index < -0.39 is 11.7 Å². The van der Waals surface area contributed by atoms with Crippen molar-refractivity contribution in [2.45, 2.75) is 51.1 Å². The Kier molecular flexibility index (Phi) is 7.73. The van der Waals surface area contributed by atoms with Gasteiger partial charge in [-0.2, -0.15) is 18.4 Å². The summed E-state index contributed by atoms with van der Waals surface area (Å²) in [7, 11) is 0. The minimum absolute atomic E-state index is 0.0987. The summed E-state index contributed by atoms with van der Waals surface area (Å²) in [4.78, 5) is 22.0. The molecule has 182 valence electrons. The summed E-state index contributed by atoms with van der Waals surface area (Å²) in [5.41, 5.74) is 0.995. The quantitative estimate of drug-likeness (QED) is 0.606. The highest BCUT2D eigenvalue weighted by molar-refractivity contribution is 7.16. The average molecular weight is 492 g/mol. The van der Waals surface area contributed by atoms with Gasteiger partial charge in [0.05, 0.1) is 11.1 Å². The first-order chi connectivity index (χ1) is 16.3. The van der Waals surface area contributed by atoms with Crippen molar-refractivity contribution >= 4 is 28.1 Å². The van der Waals surface area contributed by atoms with E-state index in [9.17, 15) is 23.2 Å². The molecule has 0 atom stereocenters. The Balaban J connectivity index is 1.29. The van der Waals surface area contributed by atoms with E-state index in [1.807, 2.05) is 4.90 Å². The summed E-state index contributed by atoms with van der Waals surface area (Å²) in [6, 6.07) is 4.78. The van der Waals surface area contributed by atoms with Gasteiger partial charge < -0.3 is 15.1 Å². The minimum Gasteiger partial charge on any atom is -0.355 e. The number of hydrogen-bond acceptors (Lipinski definition) is 6. The van der Waals surface area contributed by atoms with Crippen LogP contribution in [0.5, 0.6) is 0 Å². The van der Waals surface area contributed by atoms with Gasteiger partial charge in [-0.25, -0.2) is 4.98 Å². The predicted molar refractivity (Wildman–Crippen MR) is 126 cm³/mol. The number of hydrogen-bond donors (Lipinski definition) is 1. The van der Waals surface area contributed by atoms with Crippen LogP contribution in [0.2, 0.25) is 0 Å². The largest absolute Gasteiger partial charge is 0.417 e. The first-order valence-electron chi connectivity index (χ1n) is 11.7. The molecule has 3 heterocycles. The van der Waals surface area contributed by atoms with Crippen LogP contribution in [0, 0.1) is 11.3 Å². The van der Waals surface area contributed by atoms with Crippen molar-refractivity contribution in [2.24, 2.45) is 0 Å². The molecule has 1 N–H and O–H groups in total. The predicted octanol–water partition coefficient (Wildman–Crippen LogP) is 4.84. The number of aryl methyl sites for hydroxylation is 1. The van der Waals surface area contributed by atoms with Crippen molar-refractivity contribution < 1.29 is 18.0 Å². The maximum absolute atomic E-state index is 12.8. The minimum atomic E-state index is -4.39. The molecule has 4 rings (SSSR count). The lowest BCUT2D eigenvalue weighted by molar-refractivity contribution is -0.137. The molecule has 34 heavy (non-hydrogen) atoms. The van der Waals surface area contributed by atoms with E-state index >= 15 is 0 Å². The molecule has 2 aliphatic rings. The van der Waals surface area contributed by atoms with E-state index in [1.165, 1.54) is 17.4 Å². The van der Waals surface area contributed by atoms with Gasteiger partial charge in [0.25, 0.3) is 0 Å². The number of nitrogens with zero attached hydrogens (tertiary/aromatic N) is 4. The number of aromatic nitrogens is 1.